The van der Waals surface area contributed by atoms with E-state index < -0.39 is 0 Å². The van der Waals surface area contributed by atoms with Crippen molar-refractivity contribution < 1.29 is 0 Å². The zero-order chi connectivity index (χ0) is 15.8. The van der Waals surface area contributed by atoms with E-state index in [1.165, 1.54) is 25.9 Å². The van der Waals surface area contributed by atoms with Gasteiger partial charge in [-0.05, 0) is 50.0 Å². The average Bonchev–Trinajstić information content (AvgIpc) is 3.05. The summed E-state index contributed by atoms with van der Waals surface area (Å²) in [6.07, 6.45) is 3.83. The normalized spacial score (nSPS) is 16.7. The molecule has 0 aromatic heterocycles. The number of halogens is 2. The largest absolute Gasteiger partial charge is 0.355 e. The number of nitrogens with one attached hydrogen (secondary N) is 2. The minimum absolute atomic E-state index is 0. The van der Waals surface area contributed by atoms with E-state index >= 15 is 0 Å². The number of aliphatic imine (C=N–C) groups is 1. The smallest absolute Gasteiger partial charge is 0.191 e. The predicted octanol–water partition coefficient (Wildman–Crippen LogP) is 3.50. The van der Waals surface area contributed by atoms with Crippen molar-refractivity contribution in [3.8, 4) is 0 Å². The van der Waals surface area contributed by atoms with Gasteiger partial charge in [-0.15, -0.1) is 24.0 Å². The van der Waals surface area contributed by atoms with Gasteiger partial charge in [0.25, 0.3) is 0 Å². The molecule has 0 saturated carbocycles. The first-order chi connectivity index (χ1) is 10.7. The van der Waals surface area contributed by atoms with Crippen molar-refractivity contribution in [2.45, 2.75) is 38.8 Å². The van der Waals surface area contributed by atoms with Crippen molar-refractivity contribution in [3.05, 3.63) is 34.9 Å². The molecule has 0 bridgehead atoms. The molecule has 2 N–H and O–H groups in total. The van der Waals surface area contributed by atoms with Crippen LogP contribution in [0.3, 0.4) is 0 Å². The van der Waals surface area contributed by atoms with Gasteiger partial charge in [0.2, 0.25) is 0 Å². The molecule has 23 heavy (non-hydrogen) atoms. The van der Waals surface area contributed by atoms with Crippen LogP contribution in [0.4, 0.5) is 0 Å². The first-order valence-electron chi connectivity index (χ1n) is 8.16. The number of guanidine groups is 1. The highest BCUT2D eigenvalue weighted by Gasteiger charge is 2.20. The molecule has 1 heterocycles. The Kier molecular flexibility index (Phi) is 9.90. The Balaban J connectivity index is 0.00000264. The van der Waals surface area contributed by atoms with Gasteiger partial charge in [-0.3, -0.25) is 9.89 Å². The van der Waals surface area contributed by atoms with Crippen LogP contribution in [0.2, 0.25) is 5.02 Å². The van der Waals surface area contributed by atoms with Crippen molar-refractivity contribution in [3.63, 3.8) is 0 Å². The first kappa shape index (κ1) is 20.5. The first-order valence-corrected chi connectivity index (χ1v) is 8.53. The number of likely N-dealkylation sites (tertiary alicyclic amines) is 1. The molecule has 1 aromatic rings. The summed E-state index contributed by atoms with van der Waals surface area (Å²) in [5.41, 5.74) is 1.15. The average molecular weight is 451 g/mol. The number of nitrogens with zero attached hydrogens (tertiary/aromatic N) is 2. The van der Waals surface area contributed by atoms with Crippen molar-refractivity contribution in [2.24, 2.45) is 4.99 Å². The van der Waals surface area contributed by atoms with Crippen LogP contribution in [0.1, 0.15) is 31.7 Å². The van der Waals surface area contributed by atoms with Gasteiger partial charge < -0.3 is 10.6 Å². The second-order valence-electron chi connectivity index (χ2n) is 5.74. The molecule has 0 aliphatic carbocycles. The lowest BCUT2D eigenvalue weighted by atomic mass is 10.2. The highest BCUT2D eigenvalue weighted by atomic mass is 127. The van der Waals surface area contributed by atoms with E-state index in [2.05, 4.69) is 33.5 Å². The van der Waals surface area contributed by atoms with E-state index in [0.717, 1.165) is 36.1 Å². The Morgan fingerprint density at radius 1 is 1.30 bits per heavy atom. The third-order valence-corrected chi connectivity index (χ3v) is 4.44. The molecular weight excluding hydrogens is 423 g/mol. The van der Waals surface area contributed by atoms with Gasteiger partial charge in [0.15, 0.2) is 5.96 Å². The summed E-state index contributed by atoms with van der Waals surface area (Å²) in [6.45, 7) is 6.38. The molecule has 2 rings (SSSR count). The van der Waals surface area contributed by atoms with E-state index in [1.807, 2.05) is 25.2 Å². The van der Waals surface area contributed by atoms with Gasteiger partial charge in [-0.25, -0.2) is 0 Å². The predicted molar refractivity (Wildman–Crippen MR) is 110 cm³/mol. The lowest BCUT2D eigenvalue weighted by Gasteiger charge is -2.27. The Labute approximate surface area is 162 Å². The van der Waals surface area contributed by atoms with Crippen LogP contribution in [0, 0.1) is 0 Å². The second kappa shape index (κ2) is 11.1. The molecule has 6 heteroatoms. The van der Waals surface area contributed by atoms with Gasteiger partial charge in [0.05, 0.1) is 0 Å². The number of rotatable bonds is 6. The van der Waals surface area contributed by atoms with Crippen LogP contribution in [-0.2, 0) is 6.54 Å². The van der Waals surface area contributed by atoms with Gasteiger partial charge in [0.1, 0.15) is 0 Å². The zero-order valence-electron chi connectivity index (χ0n) is 14.0. The van der Waals surface area contributed by atoms with E-state index in [1.54, 1.807) is 0 Å². The Bertz CT molecular complexity index is 489. The van der Waals surface area contributed by atoms with E-state index in [0.29, 0.717) is 6.04 Å². The summed E-state index contributed by atoms with van der Waals surface area (Å²) in [4.78, 5) is 6.88. The van der Waals surface area contributed by atoms with Crippen LogP contribution in [0.5, 0.6) is 0 Å². The zero-order valence-corrected chi connectivity index (χ0v) is 17.1. The molecule has 0 amide bonds. The fraction of sp³-hybridized carbons (Fsp3) is 0.588. The van der Waals surface area contributed by atoms with Crippen LogP contribution >= 0.6 is 35.6 Å². The van der Waals surface area contributed by atoms with Crippen LogP contribution in [-0.4, -0.2) is 43.6 Å². The highest BCUT2D eigenvalue weighted by Crippen LogP contribution is 2.13. The Morgan fingerprint density at radius 3 is 2.65 bits per heavy atom. The highest BCUT2D eigenvalue weighted by molar-refractivity contribution is 14.0. The molecule has 4 nitrogen and oxygen atoms in total. The molecule has 1 saturated heterocycles. The van der Waals surface area contributed by atoms with Crippen molar-refractivity contribution in [1.82, 2.24) is 15.5 Å². The lowest BCUT2D eigenvalue weighted by molar-refractivity contribution is 0.236. The van der Waals surface area contributed by atoms with Crippen molar-refractivity contribution in [2.75, 3.05) is 26.7 Å². The van der Waals surface area contributed by atoms with Gasteiger partial charge in [-0.1, -0.05) is 30.7 Å². The maximum Gasteiger partial charge on any atom is 0.191 e. The maximum absolute atomic E-state index is 6.01. The maximum atomic E-state index is 6.01. The molecule has 1 aliphatic heterocycles. The molecule has 1 aromatic carbocycles. The quantitative estimate of drug-likeness (QED) is 0.396. The van der Waals surface area contributed by atoms with E-state index in [-0.39, 0.29) is 24.0 Å². The summed E-state index contributed by atoms with van der Waals surface area (Å²) >= 11 is 6.01. The monoisotopic (exact) mass is 450 g/mol. The molecule has 1 atom stereocenters. The summed E-state index contributed by atoms with van der Waals surface area (Å²) in [5, 5.41) is 7.56. The third-order valence-electron chi connectivity index (χ3n) is 4.21. The Hall–Kier alpha value is -0.530. The summed E-state index contributed by atoms with van der Waals surface area (Å²) in [7, 11) is 1.81. The number of benzene rings is 1. The summed E-state index contributed by atoms with van der Waals surface area (Å²) in [6, 6.07) is 8.48. The minimum Gasteiger partial charge on any atom is -0.355 e. The van der Waals surface area contributed by atoms with Crippen molar-refractivity contribution >= 4 is 41.5 Å². The molecule has 1 unspecified atom stereocenters. The molecule has 130 valence electrons. The number of hydrogen-bond donors (Lipinski definition) is 2. The van der Waals surface area contributed by atoms with E-state index in [9.17, 15) is 0 Å². The molecule has 1 fully saturated rings. The van der Waals surface area contributed by atoms with Crippen LogP contribution < -0.4 is 10.6 Å². The van der Waals surface area contributed by atoms with Gasteiger partial charge in [0, 0.05) is 31.2 Å². The van der Waals surface area contributed by atoms with Crippen molar-refractivity contribution in [1.29, 1.82) is 0 Å². The van der Waals surface area contributed by atoms with Gasteiger partial charge in [-0.2, -0.15) is 0 Å². The summed E-state index contributed by atoms with van der Waals surface area (Å²) < 4.78 is 0. The molecule has 0 radical (unpaired) electrons. The Morgan fingerprint density at radius 2 is 2.04 bits per heavy atom. The topological polar surface area (TPSA) is 39.7 Å². The van der Waals surface area contributed by atoms with Crippen LogP contribution in [0.15, 0.2) is 29.3 Å². The standard InChI is InChI=1S/C17H27ClN4.HI/c1-3-16(22-9-4-5-10-22)13-21-17(19-2)20-12-14-7-6-8-15(18)11-14;/h6-8,11,16H,3-5,9-10,12-13H2,1-2H3,(H2,19,20,21);1H. The third kappa shape index (κ3) is 6.85. The summed E-state index contributed by atoms with van der Waals surface area (Å²) in [5.74, 6) is 0.845. The minimum atomic E-state index is 0. The molecule has 0 spiro atoms. The molecule has 1 aliphatic rings. The second-order valence-corrected chi connectivity index (χ2v) is 6.18. The van der Waals surface area contributed by atoms with Crippen LogP contribution in [0.25, 0.3) is 0 Å². The van der Waals surface area contributed by atoms with E-state index in [4.69, 9.17) is 11.6 Å². The number of hydrogen-bond acceptors (Lipinski definition) is 2. The fourth-order valence-corrected chi connectivity index (χ4v) is 3.12. The molecular formula is C17H28ClIN4. The SMILES string of the molecule is CCC(CNC(=NC)NCc1cccc(Cl)c1)N1CCCC1.I. The van der Waals surface area contributed by atoms with Gasteiger partial charge >= 0.3 is 0 Å². The lowest BCUT2D eigenvalue weighted by Crippen LogP contribution is -2.46. The fourth-order valence-electron chi connectivity index (χ4n) is 2.91.